The maximum Gasteiger partial charge on any atom is 0.170 e. The van der Waals surface area contributed by atoms with E-state index in [1.165, 1.54) is 11.1 Å². The first kappa shape index (κ1) is 11.2. The molecule has 0 amide bonds. The molecule has 1 nitrogen and oxygen atoms in total. The van der Waals surface area contributed by atoms with Crippen molar-refractivity contribution in [1.29, 1.82) is 0 Å². The maximum atomic E-state index is 12.6. The molecule has 0 heterocycles. The molecule has 1 aliphatic carbocycles. The Balaban J connectivity index is 1.97. The summed E-state index contributed by atoms with van der Waals surface area (Å²) in [6.45, 7) is 0. The lowest BCUT2D eigenvalue weighted by molar-refractivity contribution is 0.0951. The number of ketones is 1. The second kappa shape index (κ2) is 4.77. The topological polar surface area (TPSA) is 17.1 Å². The van der Waals surface area contributed by atoms with Crippen LogP contribution in [0.3, 0.4) is 0 Å². The largest absolute Gasteiger partial charge is 0.293 e. The molecule has 0 spiro atoms. The van der Waals surface area contributed by atoms with Crippen LogP contribution in [0, 0.1) is 0 Å². The van der Waals surface area contributed by atoms with Crippen molar-refractivity contribution in [3.8, 4) is 0 Å². The summed E-state index contributed by atoms with van der Waals surface area (Å²) in [6.07, 6.45) is 3.19. The summed E-state index contributed by atoms with van der Waals surface area (Å²) < 4.78 is 0. The zero-order valence-electron chi connectivity index (χ0n) is 10.3. The van der Waals surface area contributed by atoms with E-state index in [1.807, 2.05) is 36.4 Å². The molecule has 3 rings (SSSR count). The monoisotopic (exact) mass is 236 g/mol. The summed E-state index contributed by atoms with van der Waals surface area (Å²) in [7, 11) is 0. The standard InChI is InChI=1S/C17H16O/c18-17(14-8-2-1-3-9-14)16-12-6-10-13-7-4-5-11-15(13)16/h1-5,7-9,11,16H,6,10,12H2/t16-/m1/s1. The van der Waals surface area contributed by atoms with Gasteiger partial charge in [0.15, 0.2) is 5.78 Å². The van der Waals surface area contributed by atoms with Crippen molar-refractivity contribution in [2.45, 2.75) is 25.2 Å². The Hall–Kier alpha value is -1.89. The number of aryl methyl sites for hydroxylation is 1. The van der Waals surface area contributed by atoms with E-state index in [4.69, 9.17) is 0 Å². The molecular formula is C17H16O. The molecule has 0 saturated heterocycles. The van der Waals surface area contributed by atoms with Crippen LogP contribution in [-0.4, -0.2) is 5.78 Å². The van der Waals surface area contributed by atoms with Crippen molar-refractivity contribution >= 4 is 5.78 Å². The van der Waals surface area contributed by atoms with Gasteiger partial charge >= 0.3 is 0 Å². The number of carbonyl (C=O) groups excluding carboxylic acids is 1. The first-order chi connectivity index (χ1) is 8.86. The highest BCUT2D eigenvalue weighted by Crippen LogP contribution is 2.33. The van der Waals surface area contributed by atoms with Gasteiger partial charge in [0, 0.05) is 11.5 Å². The third kappa shape index (κ3) is 1.97. The van der Waals surface area contributed by atoms with Crippen LogP contribution in [0.2, 0.25) is 0 Å². The Bertz CT molecular complexity index is 557. The van der Waals surface area contributed by atoms with E-state index in [0.29, 0.717) is 0 Å². The van der Waals surface area contributed by atoms with Crippen LogP contribution < -0.4 is 0 Å². The lowest BCUT2D eigenvalue weighted by Gasteiger charge is -2.24. The van der Waals surface area contributed by atoms with Crippen molar-refractivity contribution in [2.75, 3.05) is 0 Å². The van der Waals surface area contributed by atoms with Crippen LogP contribution in [-0.2, 0) is 6.42 Å². The summed E-state index contributed by atoms with van der Waals surface area (Å²) in [5, 5.41) is 0. The fourth-order valence-electron chi connectivity index (χ4n) is 2.83. The minimum Gasteiger partial charge on any atom is -0.293 e. The summed E-state index contributed by atoms with van der Waals surface area (Å²) >= 11 is 0. The number of hydrogen-bond acceptors (Lipinski definition) is 1. The van der Waals surface area contributed by atoms with Crippen LogP contribution in [0.5, 0.6) is 0 Å². The third-order valence-electron chi connectivity index (χ3n) is 3.74. The summed E-state index contributed by atoms with van der Waals surface area (Å²) in [5.41, 5.74) is 3.41. The average molecular weight is 236 g/mol. The third-order valence-corrected chi connectivity index (χ3v) is 3.74. The number of carbonyl (C=O) groups is 1. The molecule has 1 heteroatoms. The van der Waals surface area contributed by atoms with E-state index >= 15 is 0 Å². The number of benzene rings is 2. The minimum atomic E-state index is 0.0531. The first-order valence-corrected chi connectivity index (χ1v) is 6.53. The quantitative estimate of drug-likeness (QED) is 0.720. The molecule has 1 aliphatic rings. The zero-order valence-corrected chi connectivity index (χ0v) is 10.3. The van der Waals surface area contributed by atoms with E-state index in [0.717, 1.165) is 24.8 Å². The predicted molar refractivity (Wildman–Crippen MR) is 72.9 cm³/mol. The van der Waals surface area contributed by atoms with E-state index in [1.54, 1.807) is 0 Å². The molecular weight excluding hydrogens is 220 g/mol. The molecule has 1 atom stereocenters. The van der Waals surface area contributed by atoms with Gasteiger partial charge < -0.3 is 0 Å². The van der Waals surface area contributed by atoms with Gasteiger partial charge in [-0.1, -0.05) is 54.6 Å². The van der Waals surface area contributed by atoms with Crippen molar-refractivity contribution in [2.24, 2.45) is 0 Å². The van der Waals surface area contributed by atoms with Gasteiger partial charge in [0.1, 0.15) is 0 Å². The predicted octanol–water partition coefficient (Wildman–Crippen LogP) is 3.99. The molecule has 0 bridgehead atoms. The van der Waals surface area contributed by atoms with Crippen LogP contribution in [0.25, 0.3) is 0 Å². The van der Waals surface area contributed by atoms with E-state index in [2.05, 4.69) is 18.2 Å². The second-order valence-corrected chi connectivity index (χ2v) is 4.87. The van der Waals surface area contributed by atoms with Crippen LogP contribution in [0.4, 0.5) is 0 Å². The van der Waals surface area contributed by atoms with Crippen LogP contribution >= 0.6 is 0 Å². The Morgan fingerprint density at radius 1 is 0.944 bits per heavy atom. The van der Waals surface area contributed by atoms with Gasteiger partial charge in [0.05, 0.1) is 0 Å². The molecule has 18 heavy (non-hydrogen) atoms. The Morgan fingerprint density at radius 3 is 2.50 bits per heavy atom. The molecule has 0 aliphatic heterocycles. The number of Topliss-reactive ketones (excluding diaryl/α,β-unsaturated/α-hetero) is 1. The van der Waals surface area contributed by atoms with Gasteiger partial charge in [-0.3, -0.25) is 4.79 Å². The smallest absolute Gasteiger partial charge is 0.170 e. The molecule has 2 aromatic rings. The van der Waals surface area contributed by atoms with Crippen LogP contribution in [0.1, 0.15) is 40.2 Å². The summed E-state index contributed by atoms with van der Waals surface area (Å²) in [5.74, 6) is 0.320. The molecule has 0 N–H and O–H groups in total. The van der Waals surface area contributed by atoms with Gasteiger partial charge in [0.25, 0.3) is 0 Å². The molecule has 0 saturated carbocycles. The SMILES string of the molecule is O=C(c1ccccc1)[C@@H]1CCCc2ccccc21. The van der Waals surface area contributed by atoms with E-state index in [-0.39, 0.29) is 11.7 Å². The lowest BCUT2D eigenvalue weighted by Crippen LogP contribution is -2.18. The first-order valence-electron chi connectivity index (χ1n) is 6.53. The van der Waals surface area contributed by atoms with Crippen LogP contribution in [0.15, 0.2) is 54.6 Å². The second-order valence-electron chi connectivity index (χ2n) is 4.87. The zero-order chi connectivity index (χ0) is 12.4. The fraction of sp³-hybridized carbons (Fsp3) is 0.235. The van der Waals surface area contributed by atoms with Gasteiger partial charge in [-0.25, -0.2) is 0 Å². The van der Waals surface area contributed by atoms with Crippen molar-refractivity contribution < 1.29 is 4.79 Å². The molecule has 90 valence electrons. The molecule has 0 unspecified atom stereocenters. The maximum absolute atomic E-state index is 12.6. The fourth-order valence-corrected chi connectivity index (χ4v) is 2.83. The van der Waals surface area contributed by atoms with Gasteiger partial charge in [-0.05, 0) is 30.4 Å². The summed E-state index contributed by atoms with van der Waals surface area (Å²) in [6, 6.07) is 18.0. The van der Waals surface area contributed by atoms with Gasteiger partial charge in [-0.2, -0.15) is 0 Å². The van der Waals surface area contributed by atoms with E-state index in [9.17, 15) is 4.79 Å². The molecule has 0 aromatic heterocycles. The molecule has 0 radical (unpaired) electrons. The van der Waals surface area contributed by atoms with Crippen molar-refractivity contribution in [3.63, 3.8) is 0 Å². The molecule has 2 aromatic carbocycles. The Kier molecular flexibility index (Phi) is 2.97. The van der Waals surface area contributed by atoms with Crippen molar-refractivity contribution in [3.05, 3.63) is 71.3 Å². The van der Waals surface area contributed by atoms with Gasteiger partial charge in [0.2, 0.25) is 0 Å². The van der Waals surface area contributed by atoms with Gasteiger partial charge in [-0.15, -0.1) is 0 Å². The minimum absolute atomic E-state index is 0.0531. The average Bonchev–Trinajstić information content (AvgIpc) is 2.47. The van der Waals surface area contributed by atoms with E-state index < -0.39 is 0 Å². The Morgan fingerprint density at radius 2 is 1.67 bits per heavy atom. The highest BCUT2D eigenvalue weighted by atomic mass is 16.1. The van der Waals surface area contributed by atoms with Crippen molar-refractivity contribution in [1.82, 2.24) is 0 Å². The highest BCUT2D eigenvalue weighted by Gasteiger charge is 2.26. The Labute approximate surface area is 107 Å². The summed E-state index contributed by atoms with van der Waals surface area (Å²) in [4.78, 5) is 12.6. The number of hydrogen-bond donors (Lipinski definition) is 0. The normalized spacial score (nSPS) is 18.1. The number of fused-ring (bicyclic) bond motifs is 1. The lowest BCUT2D eigenvalue weighted by atomic mass is 9.79. The highest BCUT2D eigenvalue weighted by molar-refractivity contribution is 6.01. The molecule has 0 fully saturated rings. The number of rotatable bonds is 2.